The van der Waals surface area contributed by atoms with E-state index in [1.54, 1.807) is 12.3 Å². The fraction of sp³-hybridized carbons (Fsp3) is 0.387. The molecule has 0 saturated heterocycles. The number of carbonyl (C=O) groups is 1. The summed E-state index contributed by atoms with van der Waals surface area (Å²) in [6.45, 7) is 3.87. The van der Waals surface area contributed by atoms with E-state index in [0.717, 1.165) is 67.9 Å². The smallest absolute Gasteiger partial charge is 0.251 e. The number of allylic oxidation sites excluding steroid dienone is 2. The third kappa shape index (κ3) is 7.79. The van der Waals surface area contributed by atoms with Crippen molar-refractivity contribution in [3.63, 3.8) is 0 Å². The average molecular weight is 566 g/mol. The zero-order valence-electron chi connectivity index (χ0n) is 23.2. The summed E-state index contributed by atoms with van der Waals surface area (Å²) in [7, 11) is 0. The van der Waals surface area contributed by atoms with Gasteiger partial charge in [-0.1, -0.05) is 13.3 Å². The van der Waals surface area contributed by atoms with Crippen molar-refractivity contribution in [1.82, 2.24) is 10.3 Å². The van der Waals surface area contributed by atoms with Crippen LogP contribution in [0.15, 0.2) is 59.0 Å². The fourth-order valence-corrected chi connectivity index (χ4v) is 5.25. The van der Waals surface area contributed by atoms with Gasteiger partial charge in [0.05, 0.1) is 18.3 Å². The molecule has 2 unspecified atom stereocenters. The molecule has 0 spiro atoms. The lowest BCUT2D eigenvalue weighted by Gasteiger charge is -2.33. The zero-order chi connectivity index (χ0) is 29.4. The number of hydrogen-bond acceptors (Lipinski definition) is 7. The third-order valence-corrected chi connectivity index (χ3v) is 7.31. The molecule has 0 aliphatic carbocycles. The molecule has 218 valence electrons. The molecule has 8 nitrogen and oxygen atoms in total. The minimum Gasteiger partial charge on any atom is -0.445 e. The van der Waals surface area contributed by atoms with Gasteiger partial charge in [-0.05, 0) is 80.0 Å². The van der Waals surface area contributed by atoms with Gasteiger partial charge in [-0.3, -0.25) is 4.79 Å². The van der Waals surface area contributed by atoms with Gasteiger partial charge in [0.1, 0.15) is 17.9 Å². The van der Waals surface area contributed by atoms with Gasteiger partial charge in [-0.15, -0.1) is 0 Å². The Hall–Kier alpha value is -4.05. The van der Waals surface area contributed by atoms with E-state index in [1.165, 1.54) is 24.5 Å². The van der Waals surface area contributed by atoms with Gasteiger partial charge >= 0.3 is 0 Å². The number of carbonyl (C=O) groups excluding carboxylic acids is 1. The second-order valence-corrected chi connectivity index (χ2v) is 10.4. The molecule has 0 bridgehead atoms. The molecule has 1 aromatic heterocycles. The summed E-state index contributed by atoms with van der Waals surface area (Å²) in [5, 5.41) is 21.2. The number of oxazole rings is 1. The van der Waals surface area contributed by atoms with Crippen molar-refractivity contribution >= 4 is 17.8 Å². The summed E-state index contributed by atoms with van der Waals surface area (Å²) in [5.41, 5.74) is 9.73. The van der Waals surface area contributed by atoms with Crippen molar-refractivity contribution in [2.24, 2.45) is 5.73 Å². The molecule has 2 heterocycles. The Morgan fingerprint density at radius 1 is 1.27 bits per heavy atom. The standard InChI is InChI=1S/C31H37F2N5O3/c1-2-3-11-38-12-4-5-25-26(31-36-10-13-41-31)17-21(18-28(25)38)30(40)37-27(29(39)7-6-24(35)8-9-34)16-20-14-22(32)19-23(33)15-20/h8-10,13-15,17-19,27,29,34,39H,2-7,11-12,16,35H2,1H3,(H,37,40)/b24-8-,34-9?. The SMILES string of the molecule is CCCCN1CCCc2c(-c3ncco3)cc(C(=O)NC(Cc3cc(F)cc(F)c3)C(O)CC/C(N)=C/C=N)cc21. The molecule has 2 atom stereocenters. The lowest BCUT2D eigenvalue weighted by molar-refractivity contribution is 0.0815. The molecule has 10 heteroatoms. The number of fused-ring (bicyclic) bond motifs is 1. The van der Waals surface area contributed by atoms with Crippen LogP contribution in [0.1, 0.15) is 60.5 Å². The van der Waals surface area contributed by atoms with E-state index in [4.69, 9.17) is 15.6 Å². The Morgan fingerprint density at radius 2 is 2.05 bits per heavy atom. The summed E-state index contributed by atoms with van der Waals surface area (Å²) in [6.07, 6.45) is 8.77. The van der Waals surface area contributed by atoms with E-state index < -0.39 is 29.7 Å². The normalized spacial score (nSPS) is 14.8. The van der Waals surface area contributed by atoms with Crippen LogP contribution in [-0.4, -0.2) is 47.4 Å². The van der Waals surface area contributed by atoms with Crippen molar-refractivity contribution in [2.75, 3.05) is 18.0 Å². The van der Waals surface area contributed by atoms with E-state index in [-0.39, 0.29) is 19.3 Å². The number of benzene rings is 2. The average Bonchev–Trinajstić information content (AvgIpc) is 3.48. The van der Waals surface area contributed by atoms with Gasteiger partial charge in [0.2, 0.25) is 5.89 Å². The first kappa shape index (κ1) is 29.9. The van der Waals surface area contributed by atoms with Crippen molar-refractivity contribution in [2.45, 2.75) is 64.0 Å². The molecule has 1 aliphatic rings. The number of nitrogens with zero attached hydrogens (tertiary/aromatic N) is 2. The largest absolute Gasteiger partial charge is 0.445 e. The number of aliphatic hydroxyl groups is 1. The Balaban J connectivity index is 1.66. The fourth-order valence-electron chi connectivity index (χ4n) is 5.25. The molecule has 0 fully saturated rings. The van der Waals surface area contributed by atoms with E-state index in [0.29, 0.717) is 22.7 Å². The van der Waals surface area contributed by atoms with Gasteiger partial charge < -0.3 is 30.9 Å². The number of amides is 1. The van der Waals surface area contributed by atoms with Gasteiger partial charge in [0, 0.05) is 47.9 Å². The van der Waals surface area contributed by atoms with Crippen LogP contribution in [-0.2, 0) is 12.8 Å². The maximum atomic E-state index is 14.0. The summed E-state index contributed by atoms with van der Waals surface area (Å²) in [5.74, 6) is -1.50. The van der Waals surface area contributed by atoms with Gasteiger partial charge in [-0.2, -0.15) is 0 Å². The van der Waals surface area contributed by atoms with Crippen LogP contribution in [0, 0.1) is 17.0 Å². The minimum absolute atomic E-state index is 0.00403. The predicted molar refractivity (Wildman–Crippen MR) is 155 cm³/mol. The summed E-state index contributed by atoms with van der Waals surface area (Å²) < 4.78 is 33.5. The van der Waals surface area contributed by atoms with Crippen molar-refractivity contribution in [1.29, 1.82) is 5.41 Å². The van der Waals surface area contributed by atoms with E-state index in [9.17, 15) is 18.7 Å². The van der Waals surface area contributed by atoms with Crippen molar-refractivity contribution in [3.8, 4) is 11.5 Å². The number of aliphatic hydroxyl groups excluding tert-OH is 1. The molecule has 1 aliphatic heterocycles. The van der Waals surface area contributed by atoms with E-state index in [2.05, 4.69) is 22.1 Å². The third-order valence-electron chi connectivity index (χ3n) is 7.31. The molecule has 4 rings (SSSR count). The lowest BCUT2D eigenvalue weighted by Crippen LogP contribution is -2.45. The number of anilines is 1. The number of rotatable bonds is 13. The molecule has 5 N–H and O–H groups in total. The number of halogens is 2. The van der Waals surface area contributed by atoms with E-state index >= 15 is 0 Å². The lowest BCUT2D eigenvalue weighted by atomic mass is 9.92. The summed E-state index contributed by atoms with van der Waals surface area (Å²) in [6, 6.07) is 5.89. The first-order valence-electron chi connectivity index (χ1n) is 14.0. The van der Waals surface area contributed by atoms with Crippen LogP contribution in [0.2, 0.25) is 0 Å². The molecule has 0 saturated carbocycles. The molecule has 1 amide bonds. The van der Waals surface area contributed by atoms with Crippen molar-refractivity contribution in [3.05, 3.63) is 82.9 Å². The van der Waals surface area contributed by atoms with E-state index in [1.807, 2.05) is 6.07 Å². The maximum Gasteiger partial charge on any atom is 0.251 e. The van der Waals surface area contributed by atoms with Crippen LogP contribution in [0.4, 0.5) is 14.5 Å². The molecule has 41 heavy (non-hydrogen) atoms. The van der Waals surface area contributed by atoms with Gasteiger partial charge in [0.15, 0.2) is 0 Å². The highest BCUT2D eigenvalue weighted by Crippen LogP contribution is 2.36. The predicted octanol–water partition coefficient (Wildman–Crippen LogP) is 5.15. The molecular weight excluding hydrogens is 528 g/mol. The van der Waals surface area contributed by atoms with Crippen molar-refractivity contribution < 1.29 is 23.1 Å². The summed E-state index contributed by atoms with van der Waals surface area (Å²) >= 11 is 0. The Kier molecular flexibility index (Phi) is 10.2. The summed E-state index contributed by atoms with van der Waals surface area (Å²) in [4.78, 5) is 20.4. The van der Waals surface area contributed by atoms with Crippen LogP contribution in [0.25, 0.3) is 11.5 Å². The van der Waals surface area contributed by atoms with Gasteiger partial charge in [-0.25, -0.2) is 13.8 Å². The van der Waals surface area contributed by atoms with Crippen LogP contribution in [0.3, 0.4) is 0 Å². The van der Waals surface area contributed by atoms with Crippen LogP contribution >= 0.6 is 0 Å². The molecule has 2 aromatic carbocycles. The number of aromatic nitrogens is 1. The second kappa shape index (κ2) is 14.0. The highest BCUT2D eigenvalue weighted by Gasteiger charge is 2.27. The first-order valence-corrected chi connectivity index (χ1v) is 14.0. The van der Waals surface area contributed by atoms with Crippen LogP contribution < -0.4 is 16.0 Å². The topological polar surface area (TPSA) is 128 Å². The van der Waals surface area contributed by atoms with Gasteiger partial charge in [0.25, 0.3) is 5.91 Å². The quantitative estimate of drug-likeness (QED) is 0.212. The number of nitrogens with one attached hydrogen (secondary N) is 2. The Bertz CT molecular complexity index is 1360. The highest BCUT2D eigenvalue weighted by molar-refractivity contribution is 5.97. The second-order valence-electron chi connectivity index (χ2n) is 10.4. The number of hydrogen-bond donors (Lipinski definition) is 4. The molecule has 0 radical (unpaired) electrons. The number of nitrogens with two attached hydrogens (primary N) is 1. The monoisotopic (exact) mass is 565 g/mol. The minimum atomic E-state index is -1.08. The highest BCUT2D eigenvalue weighted by atomic mass is 19.1. The molecular formula is C31H37F2N5O3. The maximum absolute atomic E-state index is 14.0. The first-order chi connectivity index (χ1) is 19.8. The zero-order valence-corrected chi connectivity index (χ0v) is 23.2. The number of unbranched alkanes of at least 4 members (excludes halogenated alkanes) is 1. The molecule has 3 aromatic rings. The van der Waals surface area contributed by atoms with Crippen LogP contribution in [0.5, 0.6) is 0 Å². The Morgan fingerprint density at radius 3 is 2.73 bits per heavy atom. The Labute approximate surface area is 238 Å².